The van der Waals surface area contributed by atoms with E-state index in [1.807, 2.05) is 43.3 Å². The van der Waals surface area contributed by atoms with E-state index < -0.39 is 6.35 Å². The maximum absolute atomic E-state index is 12.8. The highest BCUT2D eigenvalue weighted by atomic mass is 16.5. The van der Waals surface area contributed by atoms with Gasteiger partial charge in [-0.05, 0) is 18.6 Å². The Labute approximate surface area is 154 Å². The minimum Gasteiger partial charge on any atom is -0.490 e. The van der Waals surface area contributed by atoms with E-state index in [0.717, 1.165) is 5.56 Å². The number of hydrogen-bond donors (Lipinski definition) is 2. The molecule has 1 unspecified atom stereocenters. The van der Waals surface area contributed by atoms with E-state index in [0.29, 0.717) is 44.1 Å². The predicted octanol–water partition coefficient (Wildman–Crippen LogP) is 1.60. The van der Waals surface area contributed by atoms with E-state index in [-0.39, 0.29) is 5.91 Å². The molecular weight excluding hydrogens is 330 g/mol. The average Bonchev–Trinajstić information content (AvgIpc) is 2.66. The first-order valence-electron chi connectivity index (χ1n) is 8.68. The molecule has 1 fully saturated rings. The molecular formula is C20H27N3O3. The molecule has 0 aliphatic carbocycles. The number of nitrogens with two attached hydrogens (primary N) is 1. The van der Waals surface area contributed by atoms with Crippen molar-refractivity contribution in [3.63, 3.8) is 0 Å². The van der Waals surface area contributed by atoms with Gasteiger partial charge in [-0.1, -0.05) is 49.1 Å². The molecule has 0 spiro atoms. The second-order valence-electron chi connectivity index (χ2n) is 6.08. The summed E-state index contributed by atoms with van der Waals surface area (Å²) in [6.07, 6.45) is 4.25. The normalized spacial score (nSPS) is 17.3. The first-order chi connectivity index (χ1) is 12.5. The van der Waals surface area contributed by atoms with E-state index in [4.69, 9.17) is 10.5 Å². The fourth-order valence-corrected chi connectivity index (χ4v) is 2.70. The van der Waals surface area contributed by atoms with Crippen LogP contribution < -0.4 is 5.73 Å². The Kier molecular flexibility index (Phi) is 7.59. The highest BCUT2D eigenvalue weighted by molar-refractivity contribution is 5.96. The summed E-state index contributed by atoms with van der Waals surface area (Å²) in [5.74, 6) is 0.352. The Bertz CT molecular complexity index is 660. The molecule has 1 amide bonds. The second kappa shape index (κ2) is 9.91. The van der Waals surface area contributed by atoms with Crippen molar-refractivity contribution in [3.8, 4) is 0 Å². The summed E-state index contributed by atoms with van der Waals surface area (Å²) < 4.78 is 5.66. The Hall–Kier alpha value is -2.41. The molecule has 140 valence electrons. The third-order valence-corrected chi connectivity index (χ3v) is 4.15. The Morgan fingerprint density at radius 2 is 1.96 bits per heavy atom. The largest absolute Gasteiger partial charge is 0.490 e. The van der Waals surface area contributed by atoms with E-state index in [2.05, 4.69) is 6.58 Å². The number of amides is 1. The second-order valence-corrected chi connectivity index (χ2v) is 6.08. The van der Waals surface area contributed by atoms with E-state index in [9.17, 15) is 9.90 Å². The van der Waals surface area contributed by atoms with E-state index >= 15 is 0 Å². The van der Waals surface area contributed by atoms with Crippen LogP contribution in [0.1, 0.15) is 12.5 Å². The third-order valence-electron chi connectivity index (χ3n) is 4.15. The van der Waals surface area contributed by atoms with Gasteiger partial charge >= 0.3 is 0 Å². The van der Waals surface area contributed by atoms with E-state index in [1.165, 1.54) is 0 Å². The SMILES string of the molecule is C=C(/C=C(\C=C/C)C(=O)N1CCN(C(N)O)CC1)OCc1ccccc1. The van der Waals surface area contributed by atoms with Gasteiger partial charge in [0.25, 0.3) is 5.91 Å². The summed E-state index contributed by atoms with van der Waals surface area (Å²) in [6.45, 7) is 8.26. The van der Waals surface area contributed by atoms with Crippen LogP contribution in [0.25, 0.3) is 0 Å². The molecule has 0 radical (unpaired) electrons. The van der Waals surface area contributed by atoms with Crippen molar-refractivity contribution in [1.29, 1.82) is 0 Å². The highest BCUT2D eigenvalue weighted by Crippen LogP contribution is 2.13. The van der Waals surface area contributed by atoms with Gasteiger partial charge < -0.3 is 14.7 Å². The lowest BCUT2D eigenvalue weighted by Gasteiger charge is -2.36. The zero-order valence-corrected chi connectivity index (χ0v) is 15.2. The van der Waals surface area contributed by atoms with Crippen molar-refractivity contribution < 1.29 is 14.6 Å². The third kappa shape index (κ3) is 5.84. The quantitative estimate of drug-likeness (QED) is 0.335. The standard InChI is InChI=1S/C20H27N3O3/c1-3-7-18(14-16(2)26-15-17-8-5-4-6-9-17)19(24)22-10-12-23(13-11-22)20(21)25/h3-9,14,20,25H,2,10-13,15,21H2,1H3/b7-3-,18-14+. The van der Waals surface area contributed by atoms with Crippen molar-refractivity contribution in [1.82, 2.24) is 9.80 Å². The molecule has 1 aliphatic rings. The monoisotopic (exact) mass is 357 g/mol. The summed E-state index contributed by atoms with van der Waals surface area (Å²) in [4.78, 5) is 16.2. The van der Waals surface area contributed by atoms with Gasteiger partial charge in [0.05, 0.1) is 0 Å². The molecule has 1 aromatic rings. The average molecular weight is 357 g/mol. The smallest absolute Gasteiger partial charge is 0.254 e. The number of piperazine rings is 1. The van der Waals surface area contributed by atoms with Crippen molar-refractivity contribution >= 4 is 5.91 Å². The molecule has 26 heavy (non-hydrogen) atoms. The lowest BCUT2D eigenvalue weighted by Crippen LogP contribution is -2.54. The van der Waals surface area contributed by atoms with Gasteiger partial charge in [-0.3, -0.25) is 15.4 Å². The molecule has 6 heteroatoms. The van der Waals surface area contributed by atoms with Crippen LogP contribution >= 0.6 is 0 Å². The summed E-state index contributed by atoms with van der Waals surface area (Å²) in [5, 5.41) is 9.42. The first kappa shape index (κ1) is 19.9. The van der Waals surface area contributed by atoms with Gasteiger partial charge in [0.2, 0.25) is 0 Å². The number of allylic oxidation sites excluding steroid dienone is 2. The van der Waals surface area contributed by atoms with Crippen LogP contribution in [0, 0.1) is 0 Å². The van der Waals surface area contributed by atoms with Gasteiger partial charge in [0.15, 0.2) is 6.35 Å². The van der Waals surface area contributed by atoms with Gasteiger partial charge in [0, 0.05) is 31.8 Å². The fraction of sp³-hybridized carbons (Fsp3) is 0.350. The zero-order valence-electron chi connectivity index (χ0n) is 15.2. The molecule has 1 heterocycles. The van der Waals surface area contributed by atoms with Crippen molar-refractivity contribution in [3.05, 3.63) is 72.0 Å². The zero-order chi connectivity index (χ0) is 18.9. The number of benzene rings is 1. The minimum absolute atomic E-state index is 0.0845. The van der Waals surface area contributed by atoms with E-state index in [1.54, 1.807) is 22.0 Å². The van der Waals surface area contributed by atoms with Gasteiger partial charge in [0.1, 0.15) is 12.4 Å². The summed E-state index contributed by atoms with van der Waals surface area (Å²) in [6, 6.07) is 9.79. The lowest BCUT2D eigenvalue weighted by molar-refractivity contribution is -0.130. The summed E-state index contributed by atoms with van der Waals surface area (Å²) >= 11 is 0. The van der Waals surface area contributed by atoms with Gasteiger partial charge in [-0.25, -0.2) is 0 Å². The first-order valence-corrected chi connectivity index (χ1v) is 8.68. The van der Waals surface area contributed by atoms with Crippen molar-refractivity contribution in [2.75, 3.05) is 26.2 Å². The van der Waals surface area contributed by atoms with Crippen LogP contribution in [0.4, 0.5) is 0 Å². The number of nitrogens with zero attached hydrogens (tertiary/aromatic N) is 2. The summed E-state index contributed by atoms with van der Waals surface area (Å²) in [7, 11) is 0. The van der Waals surface area contributed by atoms with Crippen molar-refractivity contribution in [2.45, 2.75) is 19.9 Å². The Balaban J connectivity index is 1.97. The molecule has 0 bridgehead atoms. The Morgan fingerprint density at radius 1 is 1.31 bits per heavy atom. The number of rotatable bonds is 7. The van der Waals surface area contributed by atoms with Gasteiger partial charge in [-0.2, -0.15) is 0 Å². The fourth-order valence-electron chi connectivity index (χ4n) is 2.70. The summed E-state index contributed by atoms with van der Waals surface area (Å²) in [5.41, 5.74) is 7.03. The van der Waals surface area contributed by atoms with Crippen LogP contribution in [0.2, 0.25) is 0 Å². The number of aliphatic hydroxyl groups excluding tert-OH is 1. The molecule has 1 saturated heterocycles. The molecule has 0 saturated carbocycles. The lowest BCUT2D eigenvalue weighted by atomic mass is 10.1. The molecule has 1 aliphatic heterocycles. The Morgan fingerprint density at radius 3 is 2.54 bits per heavy atom. The number of ether oxygens (including phenoxy) is 1. The number of carbonyl (C=O) groups excluding carboxylic acids is 1. The van der Waals surface area contributed by atoms with Crippen LogP contribution in [-0.4, -0.2) is 53.3 Å². The topological polar surface area (TPSA) is 79.0 Å². The maximum atomic E-state index is 12.8. The molecule has 6 nitrogen and oxygen atoms in total. The van der Waals surface area contributed by atoms with Crippen molar-refractivity contribution in [2.24, 2.45) is 5.73 Å². The highest BCUT2D eigenvalue weighted by Gasteiger charge is 2.24. The molecule has 0 aromatic heterocycles. The number of aliphatic hydroxyl groups is 1. The maximum Gasteiger partial charge on any atom is 0.254 e. The van der Waals surface area contributed by atoms with Crippen LogP contribution in [0.3, 0.4) is 0 Å². The number of hydrogen-bond acceptors (Lipinski definition) is 5. The van der Waals surface area contributed by atoms with Crippen LogP contribution in [0.15, 0.2) is 66.5 Å². The molecule has 1 aromatic carbocycles. The van der Waals surface area contributed by atoms with Crippen LogP contribution in [0.5, 0.6) is 0 Å². The number of carbonyl (C=O) groups is 1. The van der Waals surface area contributed by atoms with Gasteiger partial charge in [-0.15, -0.1) is 0 Å². The molecule has 1 atom stereocenters. The predicted molar refractivity (Wildman–Crippen MR) is 102 cm³/mol. The molecule has 3 N–H and O–H groups in total. The minimum atomic E-state index is -0.982. The molecule has 2 rings (SSSR count). The van der Waals surface area contributed by atoms with Crippen LogP contribution in [-0.2, 0) is 16.1 Å².